The predicted molar refractivity (Wildman–Crippen MR) is 99.8 cm³/mol. The summed E-state index contributed by atoms with van der Waals surface area (Å²) in [6.07, 6.45) is 0.291. The monoisotopic (exact) mass is 382 g/mol. The van der Waals surface area contributed by atoms with Gasteiger partial charge in [0.15, 0.2) is 0 Å². The summed E-state index contributed by atoms with van der Waals surface area (Å²) in [7, 11) is 3.14. The van der Waals surface area contributed by atoms with Crippen molar-refractivity contribution in [2.75, 3.05) is 20.8 Å². The van der Waals surface area contributed by atoms with E-state index in [4.69, 9.17) is 16.3 Å². The molecule has 0 bridgehead atoms. The van der Waals surface area contributed by atoms with E-state index in [0.717, 1.165) is 5.56 Å². The van der Waals surface area contributed by atoms with Crippen LogP contribution in [0.2, 0.25) is 5.02 Å². The molecule has 1 aromatic carbocycles. The molecule has 0 spiro atoms. The number of hydrogen-bond donors (Lipinski definition) is 2. The van der Waals surface area contributed by atoms with Gasteiger partial charge in [0.1, 0.15) is 5.54 Å². The number of nitrogens with zero attached hydrogens (tertiary/aromatic N) is 1. The van der Waals surface area contributed by atoms with Gasteiger partial charge in [0.2, 0.25) is 5.91 Å². The lowest BCUT2D eigenvalue weighted by Gasteiger charge is -2.33. The minimum atomic E-state index is -0.954. The smallest absolute Gasteiger partial charge is 0.326 e. The maximum absolute atomic E-state index is 13.0. The third-order valence-electron chi connectivity index (χ3n) is 5.24. The molecule has 1 aliphatic rings. The Morgan fingerprint density at radius 2 is 2.04 bits per heavy atom. The van der Waals surface area contributed by atoms with Gasteiger partial charge in [-0.2, -0.15) is 0 Å². The van der Waals surface area contributed by atoms with Gasteiger partial charge in [-0.3, -0.25) is 14.5 Å². The molecule has 144 valence electrons. The molecule has 1 heterocycles. The standard InChI is InChI=1S/C19H27ClN2O4/c1-18(2,11-23)21-16(24)13-10-19(3,17(25)26-5)22(4)15(13)12-8-6-7-9-14(12)20/h6-9,13,15,23H,10-11H2,1-5H3,(H,21,24)/t13-,15-,19-/m1/s1. The van der Waals surface area contributed by atoms with Crippen LogP contribution in [0.5, 0.6) is 0 Å². The molecule has 7 heteroatoms. The number of rotatable bonds is 5. The van der Waals surface area contributed by atoms with Crippen LogP contribution in [0.3, 0.4) is 0 Å². The first-order chi connectivity index (χ1) is 12.1. The van der Waals surface area contributed by atoms with E-state index in [2.05, 4.69) is 5.32 Å². The van der Waals surface area contributed by atoms with Gasteiger partial charge in [-0.15, -0.1) is 0 Å². The molecule has 0 radical (unpaired) electrons. The largest absolute Gasteiger partial charge is 0.468 e. The SMILES string of the molecule is COC(=O)[C@@]1(C)C[C@@H](C(=O)NC(C)(C)CO)[C@@H](c2ccccc2Cl)N1C. The van der Waals surface area contributed by atoms with Crippen LogP contribution in [-0.2, 0) is 14.3 Å². The van der Waals surface area contributed by atoms with Gasteiger partial charge in [-0.1, -0.05) is 29.8 Å². The first-order valence-electron chi connectivity index (χ1n) is 8.56. The Kier molecular flexibility index (Phi) is 6.00. The number of carbonyl (C=O) groups is 2. The summed E-state index contributed by atoms with van der Waals surface area (Å²) in [6.45, 7) is 5.07. The molecule has 3 atom stereocenters. The minimum absolute atomic E-state index is 0.188. The molecule has 2 rings (SSSR count). The van der Waals surface area contributed by atoms with E-state index in [1.807, 2.05) is 23.1 Å². The van der Waals surface area contributed by atoms with Crippen LogP contribution >= 0.6 is 11.6 Å². The van der Waals surface area contributed by atoms with Gasteiger partial charge >= 0.3 is 5.97 Å². The van der Waals surface area contributed by atoms with Crippen LogP contribution < -0.4 is 5.32 Å². The molecule has 0 unspecified atom stereocenters. The Morgan fingerprint density at radius 1 is 1.42 bits per heavy atom. The Hall–Kier alpha value is -1.63. The second-order valence-corrected chi connectivity index (χ2v) is 8.09. The summed E-state index contributed by atoms with van der Waals surface area (Å²) >= 11 is 6.39. The fourth-order valence-corrected chi connectivity index (χ4v) is 3.80. The highest BCUT2D eigenvalue weighted by Crippen LogP contribution is 2.47. The van der Waals surface area contributed by atoms with E-state index in [0.29, 0.717) is 11.4 Å². The van der Waals surface area contributed by atoms with Crippen molar-refractivity contribution in [3.63, 3.8) is 0 Å². The van der Waals surface area contributed by atoms with Crippen molar-refractivity contribution in [3.05, 3.63) is 34.9 Å². The van der Waals surface area contributed by atoms with Gasteiger partial charge < -0.3 is 15.2 Å². The van der Waals surface area contributed by atoms with E-state index in [1.54, 1.807) is 33.9 Å². The lowest BCUT2D eigenvalue weighted by molar-refractivity contribution is -0.152. The summed E-state index contributed by atoms with van der Waals surface area (Å²) in [4.78, 5) is 27.3. The second kappa shape index (κ2) is 7.55. The van der Waals surface area contributed by atoms with Crippen molar-refractivity contribution in [3.8, 4) is 0 Å². The first-order valence-corrected chi connectivity index (χ1v) is 8.94. The quantitative estimate of drug-likeness (QED) is 0.763. The van der Waals surface area contributed by atoms with Crippen molar-refractivity contribution < 1.29 is 19.4 Å². The van der Waals surface area contributed by atoms with Crippen LogP contribution in [0.25, 0.3) is 0 Å². The van der Waals surface area contributed by atoms with Gasteiger partial charge in [-0.05, 0) is 45.9 Å². The third kappa shape index (κ3) is 3.72. The van der Waals surface area contributed by atoms with Crippen molar-refractivity contribution in [2.45, 2.75) is 44.3 Å². The summed E-state index contributed by atoms with van der Waals surface area (Å²) in [5.74, 6) is -1.14. The molecule has 1 aromatic rings. The molecule has 0 aliphatic carbocycles. The third-order valence-corrected chi connectivity index (χ3v) is 5.58. The van der Waals surface area contributed by atoms with Crippen LogP contribution in [0.15, 0.2) is 24.3 Å². The van der Waals surface area contributed by atoms with Crippen LogP contribution in [0.4, 0.5) is 0 Å². The zero-order chi connectivity index (χ0) is 19.7. The van der Waals surface area contributed by atoms with E-state index >= 15 is 0 Å². The average molecular weight is 383 g/mol. The Balaban J connectivity index is 2.47. The predicted octanol–water partition coefficient (Wildman–Crippen LogP) is 2.15. The topological polar surface area (TPSA) is 78.9 Å². The molecule has 6 nitrogen and oxygen atoms in total. The number of nitrogens with one attached hydrogen (secondary N) is 1. The lowest BCUT2D eigenvalue weighted by Crippen LogP contribution is -2.49. The summed E-state index contributed by atoms with van der Waals surface area (Å²) < 4.78 is 4.99. The average Bonchev–Trinajstić information content (AvgIpc) is 2.87. The number of benzene rings is 1. The van der Waals surface area contributed by atoms with E-state index in [-0.39, 0.29) is 18.6 Å². The lowest BCUT2D eigenvalue weighted by atomic mass is 9.88. The number of aliphatic hydroxyl groups is 1. The fourth-order valence-electron chi connectivity index (χ4n) is 3.55. The van der Waals surface area contributed by atoms with Crippen LogP contribution in [0.1, 0.15) is 38.8 Å². The number of methoxy groups -OCH3 is 1. The normalized spacial score (nSPS) is 26.6. The maximum atomic E-state index is 13.0. The summed E-state index contributed by atoms with van der Waals surface area (Å²) in [5.41, 5.74) is -0.930. The molecule has 1 aliphatic heterocycles. The highest BCUT2D eigenvalue weighted by molar-refractivity contribution is 6.31. The maximum Gasteiger partial charge on any atom is 0.326 e. The first kappa shape index (κ1) is 20.7. The molecule has 2 N–H and O–H groups in total. The molecule has 1 amide bonds. The van der Waals surface area contributed by atoms with Gasteiger partial charge in [0.25, 0.3) is 0 Å². The highest BCUT2D eigenvalue weighted by Gasteiger charge is 2.55. The zero-order valence-electron chi connectivity index (χ0n) is 15.9. The van der Waals surface area contributed by atoms with E-state index < -0.39 is 23.0 Å². The number of aliphatic hydroxyl groups excluding tert-OH is 1. The molecular weight excluding hydrogens is 356 g/mol. The van der Waals surface area contributed by atoms with Crippen LogP contribution in [-0.4, -0.2) is 53.7 Å². The van der Waals surface area contributed by atoms with Gasteiger partial charge in [-0.25, -0.2) is 0 Å². The number of amides is 1. The number of ether oxygens (including phenoxy) is 1. The molecule has 1 saturated heterocycles. The Morgan fingerprint density at radius 3 is 2.58 bits per heavy atom. The fraction of sp³-hybridized carbons (Fsp3) is 0.579. The number of likely N-dealkylation sites (tertiary alicyclic amines) is 1. The van der Waals surface area contributed by atoms with Gasteiger partial charge in [0.05, 0.1) is 25.2 Å². The molecule has 0 aromatic heterocycles. The number of halogens is 1. The summed E-state index contributed by atoms with van der Waals surface area (Å²) in [6, 6.07) is 6.93. The van der Waals surface area contributed by atoms with Crippen molar-refractivity contribution in [1.29, 1.82) is 0 Å². The minimum Gasteiger partial charge on any atom is -0.468 e. The van der Waals surface area contributed by atoms with Crippen LogP contribution in [0, 0.1) is 5.92 Å². The van der Waals surface area contributed by atoms with Gasteiger partial charge in [0, 0.05) is 11.1 Å². The van der Waals surface area contributed by atoms with Crippen molar-refractivity contribution >= 4 is 23.5 Å². The van der Waals surface area contributed by atoms with E-state index in [1.165, 1.54) is 7.11 Å². The Labute approximate surface area is 159 Å². The highest BCUT2D eigenvalue weighted by atomic mass is 35.5. The Bertz CT molecular complexity index is 694. The molecule has 26 heavy (non-hydrogen) atoms. The number of hydrogen-bond acceptors (Lipinski definition) is 5. The second-order valence-electron chi connectivity index (χ2n) is 7.68. The number of carbonyl (C=O) groups excluding carboxylic acids is 2. The van der Waals surface area contributed by atoms with Crippen molar-refractivity contribution in [2.24, 2.45) is 5.92 Å². The molecular formula is C19H27ClN2O4. The van der Waals surface area contributed by atoms with Crippen molar-refractivity contribution in [1.82, 2.24) is 10.2 Å². The molecule has 0 saturated carbocycles. The summed E-state index contributed by atoms with van der Waals surface area (Å²) in [5, 5.41) is 12.9. The zero-order valence-corrected chi connectivity index (χ0v) is 16.6. The number of likely N-dealkylation sites (N-methyl/N-ethyl adjacent to an activating group) is 1. The molecule has 1 fully saturated rings. The van der Waals surface area contributed by atoms with E-state index in [9.17, 15) is 14.7 Å². The number of esters is 1.